The van der Waals surface area contributed by atoms with E-state index in [9.17, 15) is 4.79 Å². The molecule has 0 bridgehead atoms. The minimum absolute atomic E-state index is 0.00298. The Balaban J connectivity index is 1.92. The Morgan fingerprint density at radius 3 is 2.67 bits per heavy atom. The maximum absolute atomic E-state index is 12.0. The standard InChI is InChI=1S/C17H19NO3/c1-21-16-8-3-2-7-15(16)10-17(20)18-11-13-5-4-6-14(9-13)12-19/h2-9,19H,10-12H2,1H3,(H,18,20). The number of aliphatic hydroxyl groups is 1. The number of hydrogen-bond acceptors (Lipinski definition) is 3. The van der Waals surface area contributed by atoms with Gasteiger partial charge in [-0.1, -0.05) is 42.5 Å². The van der Waals surface area contributed by atoms with Crippen molar-refractivity contribution >= 4 is 5.91 Å². The average molecular weight is 285 g/mol. The fraction of sp³-hybridized carbons (Fsp3) is 0.235. The summed E-state index contributed by atoms with van der Waals surface area (Å²) in [6.07, 6.45) is 0.281. The lowest BCUT2D eigenvalue weighted by atomic mass is 10.1. The second-order valence-electron chi connectivity index (χ2n) is 4.74. The van der Waals surface area contributed by atoms with E-state index < -0.39 is 0 Å². The van der Waals surface area contributed by atoms with Gasteiger partial charge < -0.3 is 15.2 Å². The van der Waals surface area contributed by atoms with Crippen molar-refractivity contribution in [3.05, 3.63) is 65.2 Å². The third-order valence-electron chi connectivity index (χ3n) is 3.21. The normalized spacial score (nSPS) is 10.2. The topological polar surface area (TPSA) is 58.6 Å². The second kappa shape index (κ2) is 7.45. The minimum Gasteiger partial charge on any atom is -0.496 e. The van der Waals surface area contributed by atoms with Gasteiger partial charge in [0.25, 0.3) is 0 Å². The maximum Gasteiger partial charge on any atom is 0.224 e. The number of ether oxygens (including phenoxy) is 1. The van der Waals surface area contributed by atoms with Gasteiger partial charge in [-0.15, -0.1) is 0 Å². The monoisotopic (exact) mass is 285 g/mol. The van der Waals surface area contributed by atoms with Crippen LogP contribution in [0.3, 0.4) is 0 Å². The van der Waals surface area contributed by atoms with Crippen molar-refractivity contribution in [1.82, 2.24) is 5.32 Å². The van der Waals surface area contributed by atoms with E-state index >= 15 is 0 Å². The van der Waals surface area contributed by atoms with Crippen LogP contribution in [0.15, 0.2) is 48.5 Å². The highest BCUT2D eigenvalue weighted by Gasteiger charge is 2.08. The van der Waals surface area contributed by atoms with Crippen molar-refractivity contribution in [3.8, 4) is 5.75 Å². The summed E-state index contributed by atoms with van der Waals surface area (Å²) in [5, 5.41) is 12.0. The van der Waals surface area contributed by atoms with Crippen LogP contribution >= 0.6 is 0 Å². The highest BCUT2D eigenvalue weighted by atomic mass is 16.5. The lowest BCUT2D eigenvalue weighted by Gasteiger charge is -2.09. The first kappa shape index (κ1) is 15.1. The first-order valence-electron chi connectivity index (χ1n) is 6.80. The minimum atomic E-state index is -0.0612. The molecule has 0 saturated carbocycles. The molecule has 0 aliphatic rings. The Bertz CT molecular complexity index is 610. The molecule has 0 saturated heterocycles. The zero-order chi connectivity index (χ0) is 15.1. The van der Waals surface area contributed by atoms with Gasteiger partial charge >= 0.3 is 0 Å². The molecule has 2 rings (SSSR count). The molecule has 1 amide bonds. The van der Waals surface area contributed by atoms with Crippen LogP contribution in [0.1, 0.15) is 16.7 Å². The van der Waals surface area contributed by atoms with Gasteiger partial charge in [-0.25, -0.2) is 0 Å². The quantitative estimate of drug-likeness (QED) is 0.854. The van der Waals surface area contributed by atoms with Gasteiger partial charge in [0.1, 0.15) is 5.75 Å². The summed E-state index contributed by atoms with van der Waals surface area (Å²) in [6, 6.07) is 15.0. The molecule has 0 spiro atoms. The number of rotatable bonds is 6. The molecule has 0 aliphatic heterocycles. The van der Waals surface area contributed by atoms with E-state index in [-0.39, 0.29) is 18.9 Å². The second-order valence-corrected chi connectivity index (χ2v) is 4.74. The summed E-state index contributed by atoms with van der Waals surface area (Å²) in [7, 11) is 1.59. The van der Waals surface area contributed by atoms with Crippen LogP contribution in [-0.4, -0.2) is 18.1 Å². The van der Waals surface area contributed by atoms with Crippen molar-refractivity contribution < 1.29 is 14.6 Å². The SMILES string of the molecule is COc1ccccc1CC(=O)NCc1cccc(CO)c1. The van der Waals surface area contributed by atoms with E-state index in [1.807, 2.05) is 48.5 Å². The predicted octanol–water partition coefficient (Wildman–Crippen LogP) is 2.05. The van der Waals surface area contributed by atoms with Gasteiger partial charge in [0.05, 0.1) is 20.1 Å². The Labute approximate surface area is 124 Å². The van der Waals surface area contributed by atoms with E-state index in [1.54, 1.807) is 7.11 Å². The maximum atomic E-state index is 12.0. The molecule has 2 aromatic rings. The van der Waals surface area contributed by atoms with E-state index in [2.05, 4.69) is 5.32 Å². The van der Waals surface area contributed by atoms with Gasteiger partial charge in [0.15, 0.2) is 0 Å². The van der Waals surface area contributed by atoms with Gasteiger partial charge in [-0.2, -0.15) is 0 Å². The summed E-state index contributed by atoms with van der Waals surface area (Å²) in [5.41, 5.74) is 2.67. The van der Waals surface area contributed by atoms with E-state index in [0.717, 1.165) is 22.4 Å². The third-order valence-corrected chi connectivity index (χ3v) is 3.21. The van der Waals surface area contributed by atoms with Crippen LogP contribution in [0.5, 0.6) is 5.75 Å². The average Bonchev–Trinajstić information content (AvgIpc) is 2.53. The first-order valence-corrected chi connectivity index (χ1v) is 6.80. The largest absolute Gasteiger partial charge is 0.496 e. The van der Waals surface area contributed by atoms with E-state index in [0.29, 0.717) is 6.54 Å². The number of amides is 1. The summed E-state index contributed by atoms with van der Waals surface area (Å²) in [4.78, 5) is 12.0. The Morgan fingerprint density at radius 1 is 1.14 bits per heavy atom. The van der Waals surface area contributed by atoms with Crippen molar-refractivity contribution in [2.24, 2.45) is 0 Å². The molecule has 0 fully saturated rings. The highest BCUT2D eigenvalue weighted by Crippen LogP contribution is 2.17. The molecule has 21 heavy (non-hydrogen) atoms. The predicted molar refractivity (Wildman–Crippen MR) is 80.9 cm³/mol. The Morgan fingerprint density at radius 2 is 1.90 bits per heavy atom. The summed E-state index contributed by atoms with van der Waals surface area (Å²) in [5.74, 6) is 0.656. The number of para-hydroxylation sites is 1. The van der Waals surface area contributed by atoms with Crippen LogP contribution in [0.25, 0.3) is 0 Å². The van der Waals surface area contributed by atoms with E-state index in [1.165, 1.54) is 0 Å². The molecule has 110 valence electrons. The fourth-order valence-corrected chi connectivity index (χ4v) is 2.12. The summed E-state index contributed by atoms with van der Waals surface area (Å²) < 4.78 is 5.23. The van der Waals surface area contributed by atoms with Crippen molar-refractivity contribution in [3.63, 3.8) is 0 Å². The van der Waals surface area contributed by atoms with Crippen LogP contribution in [-0.2, 0) is 24.4 Å². The molecule has 2 aromatic carbocycles. The molecule has 4 nitrogen and oxygen atoms in total. The summed E-state index contributed by atoms with van der Waals surface area (Å²) in [6.45, 7) is 0.449. The molecule has 0 aliphatic carbocycles. The number of carbonyl (C=O) groups is 1. The number of aliphatic hydroxyl groups excluding tert-OH is 1. The van der Waals surface area contributed by atoms with Gasteiger partial charge in [-0.3, -0.25) is 4.79 Å². The summed E-state index contributed by atoms with van der Waals surface area (Å²) >= 11 is 0. The van der Waals surface area contributed by atoms with Gasteiger partial charge in [-0.05, 0) is 17.2 Å². The molecule has 0 atom stereocenters. The number of hydrogen-bond donors (Lipinski definition) is 2. The molecule has 4 heteroatoms. The zero-order valence-electron chi connectivity index (χ0n) is 12.0. The molecule has 0 heterocycles. The molecule has 2 N–H and O–H groups in total. The first-order chi connectivity index (χ1) is 10.2. The third kappa shape index (κ3) is 4.33. The molecule has 0 radical (unpaired) electrons. The molecular weight excluding hydrogens is 266 g/mol. The highest BCUT2D eigenvalue weighted by molar-refractivity contribution is 5.79. The Kier molecular flexibility index (Phi) is 5.35. The fourth-order valence-electron chi connectivity index (χ4n) is 2.12. The number of carbonyl (C=O) groups excluding carboxylic acids is 1. The van der Waals surface area contributed by atoms with E-state index in [4.69, 9.17) is 9.84 Å². The number of benzene rings is 2. The van der Waals surface area contributed by atoms with Crippen LogP contribution < -0.4 is 10.1 Å². The van der Waals surface area contributed by atoms with Crippen LogP contribution in [0.4, 0.5) is 0 Å². The van der Waals surface area contributed by atoms with Crippen molar-refractivity contribution in [1.29, 1.82) is 0 Å². The van der Waals surface area contributed by atoms with Gasteiger partial charge in [0.2, 0.25) is 5.91 Å². The Hall–Kier alpha value is -2.33. The molecule has 0 aromatic heterocycles. The zero-order valence-corrected chi connectivity index (χ0v) is 12.0. The molecule has 0 unspecified atom stereocenters. The lowest BCUT2D eigenvalue weighted by molar-refractivity contribution is -0.120. The van der Waals surface area contributed by atoms with Crippen molar-refractivity contribution in [2.45, 2.75) is 19.6 Å². The van der Waals surface area contributed by atoms with Crippen LogP contribution in [0, 0.1) is 0 Å². The van der Waals surface area contributed by atoms with Gasteiger partial charge in [0, 0.05) is 12.1 Å². The smallest absolute Gasteiger partial charge is 0.224 e. The lowest BCUT2D eigenvalue weighted by Crippen LogP contribution is -2.24. The number of nitrogens with one attached hydrogen (secondary N) is 1. The number of methoxy groups -OCH3 is 1. The molecular formula is C17H19NO3. The van der Waals surface area contributed by atoms with Crippen LogP contribution in [0.2, 0.25) is 0 Å². The van der Waals surface area contributed by atoms with Crippen molar-refractivity contribution in [2.75, 3.05) is 7.11 Å².